The lowest BCUT2D eigenvalue weighted by Crippen LogP contribution is -2.44. The van der Waals surface area contributed by atoms with Gasteiger partial charge in [0.1, 0.15) is 17.5 Å². The number of nitrogens with one attached hydrogen (secondary N) is 3. The Morgan fingerprint density at radius 3 is 2.62 bits per heavy atom. The van der Waals surface area contributed by atoms with E-state index in [0.717, 1.165) is 29.9 Å². The first-order valence-electron chi connectivity index (χ1n) is 8.48. The lowest BCUT2D eigenvalue weighted by molar-refractivity contribution is -0.123. The molecular weight excluding hydrogens is 306 g/mol. The minimum atomic E-state index is -0.215. The highest BCUT2D eigenvalue weighted by molar-refractivity contribution is 5.82. The average Bonchev–Trinajstić information content (AvgIpc) is 3.01. The van der Waals surface area contributed by atoms with E-state index in [0.29, 0.717) is 12.0 Å². The summed E-state index contributed by atoms with van der Waals surface area (Å²) in [6.45, 7) is 6.32. The fourth-order valence-electron chi connectivity index (χ4n) is 3.09. The Bertz CT molecular complexity index is 562. The van der Waals surface area contributed by atoms with Crippen molar-refractivity contribution < 1.29 is 14.3 Å². The third-order valence-electron chi connectivity index (χ3n) is 4.32. The van der Waals surface area contributed by atoms with Gasteiger partial charge in [-0.1, -0.05) is 13.8 Å². The summed E-state index contributed by atoms with van der Waals surface area (Å²) in [5.74, 6) is 2.07. The number of carbonyl (C=O) groups is 1. The molecule has 0 bridgehead atoms. The van der Waals surface area contributed by atoms with E-state index in [1.54, 1.807) is 14.2 Å². The van der Waals surface area contributed by atoms with Crippen LogP contribution in [-0.2, 0) is 4.79 Å². The van der Waals surface area contributed by atoms with Crippen LogP contribution in [0.2, 0.25) is 0 Å². The number of hydrogen-bond acceptors (Lipinski definition) is 5. The van der Waals surface area contributed by atoms with E-state index in [-0.39, 0.29) is 18.0 Å². The maximum Gasteiger partial charge on any atom is 0.239 e. The molecule has 1 aromatic carbocycles. The maximum atomic E-state index is 12.5. The third kappa shape index (κ3) is 4.61. The molecule has 134 valence electrons. The quantitative estimate of drug-likeness (QED) is 0.712. The predicted octanol–water partition coefficient (Wildman–Crippen LogP) is 2.16. The van der Waals surface area contributed by atoms with Crippen molar-refractivity contribution in [1.29, 1.82) is 0 Å². The average molecular weight is 335 g/mol. The molecule has 24 heavy (non-hydrogen) atoms. The van der Waals surface area contributed by atoms with Crippen molar-refractivity contribution in [2.75, 3.05) is 14.2 Å². The molecule has 3 N–H and O–H groups in total. The largest absolute Gasteiger partial charge is 0.497 e. The van der Waals surface area contributed by atoms with E-state index in [1.807, 2.05) is 25.1 Å². The summed E-state index contributed by atoms with van der Waals surface area (Å²) in [4.78, 5) is 12.5. The fraction of sp³-hybridized carbons (Fsp3) is 0.611. The monoisotopic (exact) mass is 335 g/mol. The summed E-state index contributed by atoms with van der Waals surface area (Å²) >= 11 is 0. The second kappa shape index (κ2) is 8.35. The van der Waals surface area contributed by atoms with Gasteiger partial charge in [0.2, 0.25) is 5.91 Å². The minimum Gasteiger partial charge on any atom is -0.497 e. The van der Waals surface area contributed by atoms with Crippen LogP contribution in [0.1, 0.15) is 45.2 Å². The first-order chi connectivity index (χ1) is 11.4. The molecule has 0 aliphatic carbocycles. The van der Waals surface area contributed by atoms with Crippen molar-refractivity contribution in [3.8, 4) is 11.5 Å². The summed E-state index contributed by atoms with van der Waals surface area (Å²) in [6.07, 6.45) is 1.85. The van der Waals surface area contributed by atoms with Gasteiger partial charge in [0, 0.05) is 11.6 Å². The number of methoxy groups -OCH3 is 2. The number of hydrazine groups is 1. The van der Waals surface area contributed by atoms with E-state index in [9.17, 15) is 4.79 Å². The summed E-state index contributed by atoms with van der Waals surface area (Å²) in [6, 6.07) is 5.54. The van der Waals surface area contributed by atoms with Gasteiger partial charge in [-0.3, -0.25) is 10.2 Å². The molecule has 1 amide bonds. The molecule has 3 unspecified atom stereocenters. The van der Waals surface area contributed by atoms with Crippen LogP contribution < -0.4 is 25.6 Å². The number of amides is 1. The number of ether oxygens (including phenoxy) is 2. The highest BCUT2D eigenvalue weighted by atomic mass is 16.5. The van der Waals surface area contributed by atoms with Crippen molar-refractivity contribution >= 4 is 5.91 Å². The second-order valence-corrected chi connectivity index (χ2v) is 6.74. The van der Waals surface area contributed by atoms with Gasteiger partial charge in [0.15, 0.2) is 0 Å². The van der Waals surface area contributed by atoms with Gasteiger partial charge in [-0.15, -0.1) is 0 Å². The van der Waals surface area contributed by atoms with Crippen molar-refractivity contribution in [2.24, 2.45) is 5.92 Å². The second-order valence-electron chi connectivity index (χ2n) is 6.74. The molecule has 1 saturated heterocycles. The first-order valence-corrected chi connectivity index (χ1v) is 8.48. The van der Waals surface area contributed by atoms with Gasteiger partial charge in [-0.2, -0.15) is 0 Å². The normalized spacial score (nSPS) is 21.6. The molecule has 0 aromatic heterocycles. The molecule has 3 atom stereocenters. The summed E-state index contributed by atoms with van der Waals surface area (Å²) in [5, 5.41) is 3.06. The summed E-state index contributed by atoms with van der Waals surface area (Å²) in [7, 11) is 3.25. The zero-order valence-corrected chi connectivity index (χ0v) is 15.2. The van der Waals surface area contributed by atoms with E-state index in [1.165, 1.54) is 0 Å². The molecule has 0 saturated carbocycles. The number of carbonyl (C=O) groups excluding carboxylic acids is 1. The van der Waals surface area contributed by atoms with E-state index in [4.69, 9.17) is 9.47 Å². The van der Waals surface area contributed by atoms with Gasteiger partial charge in [-0.05, 0) is 43.9 Å². The Hall–Kier alpha value is -1.79. The number of hydrogen-bond donors (Lipinski definition) is 3. The fourth-order valence-corrected chi connectivity index (χ4v) is 3.09. The Balaban J connectivity index is 1.99. The van der Waals surface area contributed by atoms with Gasteiger partial charge in [0.25, 0.3) is 0 Å². The minimum absolute atomic E-state index is 0.00821. The lowest BCUT2D eigenvalue weighted by Gasteiger charge is -2.20. The lowest BCUT2D eigenvalue weighted by atomic mass is 9.99. The molecule has 1 aliphatic rings. The molecule has 1 aliphatic heterocycles. The van der Waals surface area contributed by atoms with Crippen molar-refractivity contribution in [3.05, 3.63) is 23.8 Å². The smallest absolute Gasteiger partial charge is 0.239 e. The molecule has 2 rings (SSSR count). The van der Waals surface area contributed by atoms with Gasteiger partial charge in [0.05, 0.1) is 20.3 Å². The van der Waals surface area contributed by atoms with Crippen LogP contribution in [-0.4, -0.2) is 32.2 Å². The highest BCUT2D eigenvalue weighted by Crippen LogP contribution is 2.29. The maximum absolute atomic E-state index is 12.5. The zero-order valence-electron chi connectivity index (χ0n) is 15.2. The van der Waals surface area contributed by atoms with Crippen molar-refractivity contribution in [2.45, 2.75) is 51.7 Å². The first kappa shape index (κ1) is 18.5. The Kier molecular flexibility index (Phi) is 6.45. The Morgan fingerprint density at radius 1 is 1.25 bits per heavy atom. The standard InChI is InChI=1S/C18H29N3O3/c1-11(2)8-13-9-16(21-20-13)18(22)19-12(3)15-10-14(23-4)6-7-17(15)24-5/h6-7,10-13,16,20-21H,8-9H2,1-5H3,(H,19,22). The van der Waals surface area contributed by atoms with Crippen LogP contribution in [0.3, 0.4) is 0 Å². The summed E-state index contributed by atoms with van der Waals surface area (Å²) < 4.78 is 10.7. The molecule has 0 radical (unpaired) electrons. The molecule has 6 heteroatoms. The predicted molar refractivity (Wildman–Crippen MR) is 94.0 cm³/mol. The number of rotatable bonds is 7. The van der Waals surface area contributed by atoms with E-state index < -0.39 is 0 Å². The number of benzene rings is 1. The highest BCUT2D eigenvalue weighted by Gasteiger charge is 2.30. The molecule has 1 heterocycles. The van der Waals surface area contributed by atoms with Crippen LogP contribution in [0.5, 0.6) is 11.5 Å². The molecule has 1 fully saturated rings. The third-order valence-corrected chi connectivity index (χ3v) is 4.32. The summed E-state index contributed by atoms with van der Waals surface area (Å²) in [5.41, 5.74) is 7.22. The van der Waals surface area contributed by atoms with Crippen molar-refractivity contribution in [3.63, 3.8) is 0 Å². The van der Waals surface area contributed by atoms with Gasteiger partial charge < -0.3 is 14.8 Å². The molecular formula is C18H29N3O3. The SMILES string of the molecule is COc1ccc(OC)c(C(C)NC(=O)C2CC(CC(C)C)NN2)c1. The van der Waals surface area contributed by atoms with Gasteiger partial charge in [-0.25, -0.2) is 5.43 Å². The van der Waals surface area contributed by atoms with Crippen LogP contribution in [0.15, 0.2) is 18.2 Å². The Morgan fingerprint density at radius 2 is 2.00 bits per heavy atom. The van der Waals surface area contributed by atoms with Gasteiger partial charge >= 0.3 is 0 Å². The van der Waals surface area contributed by atoms with E-state index >= 15 is 0 Å². The van der Waals surface area contributed by atoms with Crippen LogP contribution in [0.4, 0.5) is 0 Å². The topological polar surface area (TPSA) is 71.6 Å². The van der Waals surface area contributed by atoms with E-state index in [2.05, 4.69) is 30.0 Å². The van der Waals surface area contributed by atoms with Crippen LogP contribution in [0.25, 0.3) is 0 Å². The Labute approximate surface area is 144 Å². The molecule has 6 nitrogen and oxygen atoms in total. The van der Waals surface area contributed by atoms with Crippen LogP contribution in [0, 0.1) is 5.92 Å². The molecule has 1 aromatic rings. The van der Waals surface area contributed by atoms with Crippen LogP contribution >= 0.6 is 0 Å². The zero-order chi connectivity index (χ0) is 17.7. The van der Waals surface area contributed by atoms with Crippen molar-refractivity contribution in [1.82, 2.24) is 16.2 Å². The molecule has 0 spiro atoms.